The molecular weight excluding hydrogens is 404 g/mol. The average Bonchev–Trinajstić information content (AvgIpc) is 3.14. The fourth-order valence-corrected chi connectivity index (χ4v) is 3.74. The van der Waals surface area contributed by atoms with Crippen molar-refractivity contribution in [1.82, 2.24) is 29.9 Å². The Morgan fingerprint density at radius 3 is 2.77 bits per heavy atom. The Morgan fingerprint density at radius 2 is 2.06 bits per heavy atom. The van der Waals surface area contributed by atoms with Crippen molar-refractivity contribution in [1.29, 1.82) is 0 Å². The second kappa shape index (κ2) is 9.63. The topological polar surface area (TPSA) is 119 Å². The number of ether oxygens (including phenoxy) is 2. The molecule has 0 aromatic carbocycles. The van der Waals surface area contributed by atoms with Gasteiger partial charge in [0, 0.05) is 32.6 Å². The summed E-state index contributed by atoms with van der Waals surface area (Å²) in [4.78, 5) is 44.2. The van der Waals surface area contributed by atoms with E-state index in [4.69, 9.17) is 9.47 Å². The number of carbonyl (C=O) groups is 3. The molecule has 0 saturated carbocycles. The first kappa shape index (κ1) is 23.0. The zero-order valence-electron chi connectivity index (χ0n) is 18.7. The Hall–Kier alpha value is -2.69. The molecule has 2 saturated heterocycles. The number of morpholine rings is 1. The van der Waals surface area contributed by atoms with Crippen molar-refractivity contribution >= 4 is 17.9 Å². The summed E-state index contributed by atoms with van der Waals surface area (Å²) in [6.07, 6.45) is 2.75. The molecule has 2 aliphatic heterocycles. The minimum absolute atomic E-state index is 0.0247. The van der Waals surface area contributed by atoms with Crippen molar-refractivity contribution in [3.63, 3.8) is 0 Å². The van der Waals surface area contributed by atoms with Gasteiger partial charge in [-0.1, -0.05) is 0 Å². The molecule has 0 spiro atoms. The van der Waals surface area contributed by atoms with Crippen molar-refractivity contribution in [3.8, 4) is 0 Å². The first-order chi connectivity index (χ1) is 14.6. The van der Waals surface area contributed by atoms with Crippen molar-refractivity contribution in [2.75, 3.05) is 32.8 Å². The summed E-state index contributed by atoms with van der Waals surface area (Å²) in [6.45, 7) is 9.17. The van der Waals surface area contributed by atoms with E-state index in [0.29, 0.717) is 32.1 Å². The number of rotatable bonds is 4. The van der Waals surface area contributed by atoms with Crippen LogP contribution in [0.3, 0.4) is 0 Å². The highest BCUT2D eigenvalue weighted by atomic mass is 16.6. The molecule has 1 aromatic rings. The third-order valence-corrected chi connectivity index (χ3v) is 5.09. The van der Waals surface area contributed by atoms with E-state index in [1.165, 1.54) is 17.9 Å². The Bertz CT molecular complexity index is 804. The average molecular weight is 437 g/mol. The minimum Gasteiger partial charge on any atom is -0.444 e. The second-order valence-corrected chi connectivity index (χ2v) is 8.94. The van der Waals surface area contributed by atoms with Crippen LogP contribution in [0, 0.1) is 0 Å². The lowest BCUT2D eigenvalue weighted by molar-refractivity contribution is -0.134. The predicted molar refractivity (Wildman–Crippen MR) is 110 cm³/mol. The van der Waals surface area contributed by atoms with E-state index >= 15 is 0 Å². The van der Waals surface area contributed by atoms with Crippen LogP contribution in [-0.4, -0.2) is 87.0 Å². The van der Waals surface area contributed by atoms with Crippen molar-refractivity contribution in [2.45, 2.75) is 64.8 Å². The van der Waals surface area contributed by atoms with Crippen LogP contribution in [0.4, 0.5) is 4.79 Å². The highest BCUT2D eigenvalue weighted by Gasteiger charge is 2.34. The maximum absolute atomic E-state index is 12.7. The van der Waals surface area contributed by atoms with Gasteiger partial charge in [0.2, 0.25) is 11.8 Å². The largest absolute Gasteiger partial charge is 0.444 e. The number of nitrogens with one attached hydrogen (secondary N) is 1. The molecule has 0 aliphatic carbocycles. The van der Waals surface area contributed by atoms with Crippen molar-refractivity contribution in [2.24, 2.45) is 0 Å². The lowest BCUT2D eigenvalue weighted by Gasteiger charge is -2.35. The maximum Gasteiger partial charge on any atom is 0.411 e. The minimum atomic E-state index is -0.608. The first-order valence-electron chi connectivity index (χ1n) is 10.6. The molecule has 3 amide bonds. The Morgan fingerprint density at radius 1 is 1.29 bits per heavy atom. The SMILES string of the molecule is CC(=O)N[C@@H]1CCCN(C(=O)Cn2cnc([C@H]3COCCN3C(=O)OC(C)(C)C)n2)C1. The molecule has 11 heteroatoms. The fraction of sp³-hybridized carbons (Fsp3) is 0.750. The van der Waals surface area contributed by atoms with Crippen molar-refractivity contribution in [3.05, 3.63) is 12.2 Å². The van der Waals surface area contributed by atoms with Gasteiger partial charge in [0.05, 0.1) is 13.2 Å². The van der Waals surface area contributed by atoms with E-state index in [9.17, 15) is 14.4 Å². The van der Waals surface area contributed by atoms with Crippen LogP contribution in [0.1, 0.15) is 52.4 Å². The molecule has 11 nitrogen and oxygen atoms in total. The van der Waals surface area contributed by atoms with Crippen LogP contribution >= 0.6 is 0 Å². The number of amides is 3. The number of piperidine rings is 1. The lowest BCUT2D eigenvalue weighted by atomic mass is 10.1. The molecule has 31 heavy (non-hydrogen) atoms. The van der Waals surface area contributed by atoms with Gasteiger partial charge in [0.25, 0.3) is 0 Å². The smallest absolute Gasteiger partial charge is 0.411 e. The third-order valence-electron chi connectivity index (χ3n) is 5.09. The number of nitrogens with zero attached hydrogens (tertiary/aromatic N) is 5. The van der Waals surface area contributed by atoms with Gasteiger partial charge in [0.1, 0.15) is 24.5 Å². The van der Waals surface area contributed by atoms with Gasteiger partial charge in [-0.25, -0.2) is 14.5 Å². The van der Waals surface area contributed by atoms with E-state index in [1.807, 2.05) is 20.8 Å². The summed E-state index contributed by atoms with van der Waals surface area (Å²) in [5, 5.41) is 7.30. The molecule has 2 fully saturated rings. The van der Waals surface area contributed by atoms with E-state index in [2.05, 4.69) is 15.4 Å². The molecule has 3 heterocycles. The first-order valence-corrected chi connectivity index (χ1v) is 10.6. The second-order valence-electron chi connectivity index (χ2n) is 8.94. The Kier molecular flexibility index (Phi) is 7.14. The van der Waals surface area contributed by atoms with E-state index in [-0.39, 0.29) is 31.0 Å². The summed E-state index contributed by atoms with van der Waals surface area (Å²) in [5.74, 6) is 0.230. The quantitative estimate of drug-likeness (QED) is 0.738. The summed E-state index contributed by atoms with van der Waals surface area (Å²) in [5.41, 5.74) is -0.608. The standard InChI is InChI=1S/C20H32N6O5/c1-14(27)22-15-6-5-7-24(10-15)17(28)11-25-13-21-18(23-25)16-12-30-9-8-26(16)19(29)31-20(2,3)4/h13,15-16H,5-12H2,1-4H3,(H,22,27)/t15-,16-/m1/s1. The van der Waals surface area contributed by atoms with E-state index < -0.39 is 17.7 Å². The van der Waals surface area contributed by atoms with Crippen LogP contribution in [0.2, 0.25) is 0 Å². The highest BCUT2D eigenvalue weighted by Crippen LogP contribution is 2.24. The van der Waals surface area contributed by atoms with E-state index in [1.54, 1.807) is 9.80 Å². The Labute approximate surface area is 182 Å². The summed E-state index contributed by atoms with van der Waals surface area (Å²) < 4.78 is 12.5. The number of carbonyl (C=O) groups excluding carboxylic acids is 3. The monoisotopic (exact) mass is 436 g/mol. The fourth-order valence-electron chi connectivity index (χ4n) is 3.74. The van der Waals surface area contributed by atoms with Gasteiger partial charge in [-0.3, -0.25) is 14.5 Å². The number of aromatic nitrogens is 3. The van der Waals surface area contributed by atoms with Gasteiger partial charge in [0.15, 0.2) is 5.82 Å². The predicted octanol–water partition coefficient (Wildman–Crippen LogP) is 0.714. The Balaban J connectivity index is 1.62. The molecule has 1 aromatic heterocycles. The zero-order chi connectivity index (χ0) is 22.6. The molecule has 0 radical (unpaired) electrons. The maximum atomic E-state index is 12.7. The number of hydrogen-bond donors (Lipinski definition) is 1. The van der Waals surface area contributed by atoms with Gasteiger partial charge in [-0.05, 0) is 33.6 Å². The van der Waals surface area contributed by atoms with Gasteiger partial charge >= 0.3 is 6.09 Å². The van der Waals surface area contributed by atoms with Gasteiger partial charge in [-0.15, -0.1) is 0 Å². The van der Waals surface area contributed by atoms with Crippen LogP contribution in [0.25, 0.3) is 0 Å². The third kappa shape index (κ3) is 6.39. The highest BCUT2D eigenvalue weighted by molar-refractivity contribution is 5.76. The van der Waals surface area contributed by atoms with Crippen LogP contribution in [-0.2, 0) is 25.6 Å². The molecule has 0 unspecified atom stereocenters. The summed E-state index contributed by atoms with van der Waals surface area (Å²) in [7, 11) is 0. The number of likely N-dealkylation sites (tertiary alicyclic amines) is 1. The van der Waals surface area contributed by atoms with Crippen molar-refractivity contribution < 1.29 is 23.9 Å². The number of hydrogen-bond acceptors (Lipinski definition) is 7. The zero-order valence-corrected chi connectivity index (χ0v) is 18.7. The van der Waals surface area contributed by atoms with Crippen LogP contribution in [0.5, 0.6) is 0 Å². The molecule has 2 aliphatic rings. The lowest BCUT2D eigenvalue weighted by Crippen LogP contribution is -2.50. The summed E-state index contributed by atoms with van der Waals surface area (Å²) >= 11 is 0. The molecule has 0 bridgehead atoms. The van der Waals surface area contributed by atoms with Crippen LogP contribution in [0.15, 0.2) is 6.33 Å². The molecule has 172 valence electrons. The van der Waals surface area contributed by atoms with E-state index in [0.717, 1.165) is 12.8 Å². The summed E-state index contributed by atoms with van der Waals surface area (Å²) in [6, 6.07) is -0.498. The molecule has 3 rings (SSSR count). The normalized spacial score (nSPS) is 22.2. The van der Waals surface area contributed by atoms with Gasteiger partial charge in [-0.2, -0.15) is 5.10 Å². The molecule has 2 atom stereocenters. The molecular formula is C20H32N6O5. The van der Waals surface area contributed by atoms with Crippen LogP contribution < -0.4 is 5.32 Å². The van der Waals surface area contributed by atoms with Gasteiger partial charge < -0.3 is 19.7 Å². The molecule has 1 N–H and O–H groups in total.